The fourth-order valence-electron chi connectivity index (χ4n) is 3.45. The third-order valence-corrected chi connectivity index (χ3v) is 5.65. The monoisotopic (exact) mass is 314 g/mol. The van der Waals surface area contributed by atoms with Crippen LogP contribution in [0.25, 0.3) is 10.8 Å². The van der Waals surface area contributed by atoms with E-state index in [2.05, 4.69) is 76.2 Å². The van der Waals surface area contributed by atoms with Crippen LogP contribution < -0.4 is 0 Å². The molecule has 0 bridgehead atoms. The Hall–Kier alpha value is -2.48. The molecule has 2 heterocycles. The third kappa shape index (κ3) is 2.10. The number of nitrogens with zero attached hydrogens (tertiary/aromatic N) is 2. The highest BCUT2D eigenvalue weighted by Gasteiger charge is 2.43. The van der Waals surface area contributed by atoms with Gasteiger partial charge in [0, 0.05) is 22.6 Å². The van der Waals surface area contributed by atoms with Gasteiger partial charge in [0.15, 0.2) is 0 Å². The van der Waals surface area contributed by atoms with Crippen LogP contribution in [-0.4, -0.2) is 16.2 Å². The molecule has 0 radical (unpaired) electrons. The number of hydrogen-bond donors (Lipinski definition) is 0. The molecule has 4 rings (SSSR count). The van der Waals surface area contributed by atoms with Crippen molar-refractivity contribution in [2.45, 2.75) is 38.6 Å². The van der Waals surface area contributed by atoms with Crippen molar-refractivity contribution in [1.82, 2.24) is 4.98 Å². The Balaban J connectivity index is 1.98. The number of rotatable bonds is 1. The van der Waals surface area contributed by atoms with Gasteiger partial charge in [-0.2, -0.15) is 0 Å². The zero-order valence-electron chi connectivity index (χ0n) is 14.7. The standard InChI is InChI=1S/C22H22N2/c1-21(2)18-12-8-7-11-17(18)20(24-22(21,3)4)19-13-15-9-5-6-10-16(15)14-23-19/h5-14H,1-4H3. The number of hydrogen-bond acceptors (Lipinski definition) is 2. The molecule has 0 unspecified atom stereocenters. The second-order valence-electron chi connectivity index (χ2n) is 7.61. The molecular weight excluding hydrogens is 292 g/mol. The summed E-state index contributed by atoms with van der Waals surface area (Å²) in [6.07, 6.45) is 1.95. The van der Waals surface area contributed by atoms with Gasteiger partial charge >= 0.3 is 0 Å². The summed E-state index contributed by atoms with van der Waals surface area (Å²) in [5.41, 5.74) is 4.28. The summed E-state index contributed by atoms with van der Waals surface area (Å²) in [7, 11) is 0. The summed E-state index contributed by atoms with van der Waals surface area (Å²) in [4.78, 5) is 9.85. The number of benzene rings is 2. The highest BCUT2D eigenvalue weighted by Crippen LogP contribution is 2.43. The predicted octanol–water partition coefficient (Wildman–Crippen LogP) is 5.14. The minimum atomic E-state index is -0.190. The van der Waals surface area contributed by atoms with Gasteiger partial charge in [0.1, 0.15) is 0 Å². The van der Waals surface area contributed by atoms with Crippen molar-refractivity contribution in [1.29, 1.82) is 0 Å². The molecule has 0 fully saturated rings. The molecule has 3 aromatic rings. The molecule has 2 aromatic carbocycles. The first kappa shape index (κ1) is 15.1. The molecule has 0 spiro atoms. The summed E-state index contributed by atoms with van der Waals surface area (Å²) < 4.78 is 0. The summed E-state index contributed by atoms with van der Waals surface area (Å²) in [5, 5.41) is 2.36. The lowest BCUT2D eigenvalue weighted by Gasteiger charge is -2.44. The molecular formula is C22H22N2. The molecule has 1 aliphatic rings. The summed E-state index contributed by atoms with van der Waals surface area (Å²) >= 11 is 0. The number of aromatic nitrogens is 1. The van der Waals surface area contributed by atoms with Crippen LogP contribution in [0.15, 0.2) is 65.8 Å². The molecule has 24 heavy (non-hydrogen) atoms. The summed E-state index contributed by atoms with van der Waals surface area (Å²) in [6, 6.07) is 19.1. The first-order valence-corrected chi connectivity index (χ1v) is 8.45. The van der Waals surface area contributed by atoms with Crippen LogP contribution in [0.4, 0.5) is 0 Å². The van der Waals surface area contributed by atoms with Crippen LogP contribution in [0.1, 0.15) is 44.5 Å². The van der Waals surface area contributed by atoms with E-state index in [1.165, 1.54) is 16.5 Å². The Bertz CT molecular complexity index is 964. The van der Waals surface area contributed by atoms with E-state index in [4.69, 9.17) is 9.98 Å². The zero-order chi connectivity index (χ0) is 16.9. The molecule has 1 aliphatic heterocycles. The van der Waals surface area contributed by atoms with E-state index in [1.807, 2.05) is 12.3 Å². The van der Waals surface area contributed by atoms with Crippen molar-refractivity contribution in [3.8, 4) is 0 Å². The van der Waals surface area contributed by atoms with Crippen molar-refractivity contribution < 1.29 is 0 Å². The van der Waals surface area contributed by atoms with Crippen LogP contribution in [0.2, 0.25) is 0 Å². The molecule has 0 aliphatic carbocycles. The van der Waals surface area contributed by atoms with E-state index in [-0.39, 0.29) is 11.0 Å². The van der Waals surface area contributed by atoms with Crippen LogP contribution in [0.3, 0.4) is 0 Å². The Morgan fingerprint density at radius 2 is 1.46 bits per heavy atom. The molecule has 1 aromatic heterocycles. The minimum Gasteiger partial charge on any atom is -0.275 e. The average molecular weight is 314 g/mol. The number of aliphatic imine (C=N–C) groups is 1. The number of pyridine rings is 1. The van der Waals surface area contributed by atoms with Gasteiger partial charge in [0.2, 0.25) is 0 Å². The molecule has 2 nitrogen and oxygen atoms in total. The normalized spacial score (nSPS) is 18.1. The van der Waals surface area contributed by atoms with E-state index < -0.39 is 0 Å². The third-order valence-electron chi connectivity index (χ3n) is 5.65. The molecule has 0 saturated carbocycles. The van der Waals surface area contributed by atoms with Crippen LogP contribution in [0, 0.1) is 0 Å². The van der Waals surface area contributed by atoms with Crippen LogP contribution in [0.5, 0.6) is 0 Å². The summed E-state index contributed by atoms with van der Waals surface area (Å²) in [6.45, 7) is 8.98. The first-order valence-electron chi connectivity index (χ1n) is 8.45. The summed E-state index contributed by atoms with van der Waals surface area (Å²) in [5.74, 6) is 0. The van der Waals surface area contributed by atoms with Gasteiger partial charge in [-0.3, -0.25) is 9.98 Å². The van der Waals surface area contributed by atoms with E-state index in [0.29, 0.717) is 0 Å². The van der Waals surface area contributed by atoms with Crippen molar-refractivity contribution in [2.75, 3.05) is 0 Å². The maximum Gasteiger partial charge on any atom is 0.0913 e. The Morgan fingerprint density at radius 1 is 0.792 bits per heavy atom. The van der Waals surface area contributed by atoms with Gasteiger partial charge in [0.25, 0.3) is 0 Å². The second kappa shape index (κ2) is 5.01. The quantitative estimate of drug-likeness (QED) is 0.610. The SMILES string of the molecule is CC1(C)N=C(c2cc3ccccc3cn2)c2ccccc2C1(C)C. The van der Waals surface area contributed by atoms with Crippen molar-refractivity contribution in [2.24, 2.45) is 4.99 Å². The lowest BCUT2D eigenvalue weighted by Crippen LogP contribution is -2.46. The van der Waals surface area contributed by atoms with Gasteiger partial charge in [-0.1, -0.05) is 62.4 Å². The van der Waals surface area contributed by atoms with E-state index in [9.17, 15) is 0 Å². The highest BCUT2D eigenvalue weighted by molar-refractivity contribution is 6.14. The van der Waals surface area contributed by atoms with Crippen molar-refractivity contribution in [3.63, 3.8) is 0 Å². The lowest BCUT2D eigenvalue weighted by atomic mass is 9.66. The van der Waals surface area contributed by atoms with Gasteiger partial charge in [-0.25, -0.2) is 0 Å². The Morgan fingerprint density at radius 3 is 2.25 bits per heavy atom. The average Bonchev–Trinajstić information content (AvgIpc) is 2.58. The van der Waals surface area contributed by atoms with Crippen molar-refractivity contribution in [3.05, 3.63) is 77.6 Å². The smallest absolute Gasteiger partial charge is 0.0913 e. The largest absolute Gasteiger partial charge is 0.275 e. The molecule has 120 valence electrons. The van der Waals surface area contributed by atoms with Crippen LogP contribution in [-0.2, 0) is 5.41 Å². The molecule has 0 amide bonds. The molecule has 0 saturated heterocycles. The van der Waals surface area contributed by atoms with Gasteiger partial charge in [0.05, 0.1) is 16.9 Å². The zero-order valence-corrected chi connectivity index (χ0v) is 14.7. The fourth-order valence-corrected chi connectivity index (χ4v) is 3.45. The molecule has 0 N–H and O–H groups in total. The lowest BCUT2D eigenvalue weighted by molar-refractivity contribution is 0.303. The van der Waals surface area contributed by atoms with Crippen LogP contribution >= 0.6 is 0 Å². The molecule has 2 heteroatoms. The van der Waals surface area contributed by atoms with E-state index in [0.717, 1.165) is 16.8 Å². The Labute approximate surface area is 143 Å². The van der Waals surface area contributed by atoms with Gasteiger partial charge in [-0.05, 0) is 30.9 Å². The van der Waals surface area contributed by atoms with E-state index >= 15 is 0 Å². The maximum atomic E-state index is 5.14. The van der Waals surface area contributed by atoms with Gasteiger partial charge < -0.3 is 0 Å². The topological polar surface area (TPSA) is 25.2 Å². The number of fused-ring (bicyclic) bond motifs is 2. The second-order valence-corrected chi connectivity index (χ2v) is 7.61. The van der Waals surface area contributed by atoms with E-state index in [1.54, 1.807) is 0 Å². The predicted molar refractivity (Wildman–Crippen MR) is 101 cm³/mol. The molecule has 0 atom stereocenters. The Kier molecular flexibility index (Phi) is 3.14. The fraction of sp³-hybridized carbons (Fsp3) is 0.273. The first-order chi connectivity index (χ1) is 11.4. The maximum absolute atomic E-state index is 5.14. The highest BCUT2D eigenvalue weighted by atomic mass is 14.9. The van der Waals surface area contributed by atoms with Crippen molar-refractivity contribution >= 4 is 16.5 Å². The minimum absolute atomic E-state index is 0.0239. The van der Waals surface area contributed by atoms with Gasteiger partial charge in [-0.15, -0.1) is 0 Å².